The normalized spacial score (nSPS) is 11.8. The largest absolute Gasteiger partial charge is 0.309 e. The molecule has 0 N–H and O–H groups in total. The number of benzene rings is 8. The van der Waals surface area contributed by atoms with Crippen LogP contribution in [0, 0.1) is 0 Å². The molecule has 0 aliphatic carbocycles. The third-order valence-electron chi connectivity index (χ3n) is 10.5. The van der Waals surface area contributed by atoms with Crippen LogP contribution in [0.2, 0.25) is 0 Å². The first-order valence-electron chi connectivity index (χ1n) is 17.7. The van der Waals surface area contributed by atoms with Crippen LogP contribution in [0.4, 0.5) is 0 Å². The highest BCUT2D eigenvalue weighted by Crippen LogP contribution is 2.39. The standard InChI is InChI=1S/C48H30N4/c1-3-14-32(15-4-1)46-40-27-23-31-13-7-8-18-36(31)47(40)50-48(49-46)52-43-22-12-10-20-38(43)41-29-33(25-28-44(41)52)34-24-26-39-37-19-9-11-21-42(37)51(45(39)30-34)35-16-5-2-6-17-35/h1-30H. The Morgan fingerprint density at radius 2 is 0.904 bits per heavy atom. The van der Waals surface area contributed by atoms with Gasteiger partial charge in [-0.15, -0.1) is 0 Å². The molecule has 11 rings (SSSR count). The third-order valence-corrected chi connectivity index (χ3v) is 10.5. The van der Waals surface area contributed by atoms with Crippen molar-refractivity contribution in [1.29, 1.82) is 0 Å². The topological polar surface area (TPSA) is 35.6 Å². The lowest BCUT2D eigenvalue weighted by atomic mass is 10.0. The summed E-state index contributed by atoms with van der Waals surface area (Å²) in [6.07, 6.45) is 0. The van der Waals surface area contributed by atoms with E-state index in [1.807, 2.05) is 6.07 Å². The highest BCUT2D eigenvalue weighted by Gasteiger charge is 2.19. The molecule has 0 saturated heterocycles. The van der Waals surface area contributed by atoms with Gasteiger partial charge in [0.2, 0.25) is 5.95 Å². The molecule has 0 aliphatic heterocycles. The maximum atomic E-state index is 5.36. The number of rotatable bonds is 4. The number of para-hydroxylation sites is 3. The van der Waals surface area contributed by atoms with E-state index in [-0.39, 0.29) is 0 Å². The predicted octanol–water partition coefficient (Wildman–Crippen LogP) is 12.3. The van der Waals surface area contributed by atoms with Crippen LogP contribution >= 0.6 is 0 Å². The average Bonchev–Trinajstić information content (AvgIpc) is 3.73. The summed E-state index contributed by atoms with van der Waals surface area (Å²) in [5, 5.41) is 8.16. The first-order valence-corrected chi connectivity index (χ1v) is 17.7. The van der Waals surface area contributed by atoms with Crippen LogP contribution in [0.15, 0.2) is 182 Å². The predicted molar refractivity (Wildman–Crippen MR) is 217 cm³/mol. The van der Waals surface area contributed by atoms with Crippen LogP contribution < -0.4 is 0 Å². The molecule has 0 saturated carbocycles. The van der Waals surface area contributed by atoms with Gasteiger partial charge in [-0.1, -0.05) is 133 Å². The molecule has 11 aromatic rings. The maximum Gasteiger partial charge on any atom is 0.235 e. The van der Waals surface area contributed by atoms with Gasteiger partial charge in [0.05, 0.1) is 33.3 Å². The zero-order valence-corrected chi connectivity index (χ0v) is 28.1. The molecular weight excluding hydrogens is 633 g/mol. The zero-order chi connectivity index (χ0) is 34.2. The number of hydrogen-bond donors (Lipinski definition) is 0. The van der Waals surface area contributed by atoms with Gasteiger partial charge in [0.15, 0.2) is 0 Å². The van der Waals surface area contributed by atoms with Crippen molar-refractivity contribution in [2.75, 3.05) is 0 Å². The minimum absolute atomic E-state index is 0.662. The quantitative estimate of drug-likeness (QED) is 0.176. The van der Waals surface area contributed by atoms with E-state index in [0.717, 1.165) is 55.2 Å². The summed E-state index contributed by atoms with van der Waals surface area (Å²) in [5.41, 5.74) is 11.0. The van der Waals surface area contributed by atoms with Crippen molar-refractivity contribution < 1.29 is 0 Å². The van der Waals surface area contributed by atoms with Crippen molar-refractivity contribution >= 4 is 65.3 Å². The third kappa shape index (κ3) is 4.28. The average molecular weight is 663 g/mol. The van der Waals surface area contributed by atoms with Crippen molar-refractivity contribution in [3.05, 3.63) is 182 Å². The van der Waals surface area contributed by atoms with Crippen molar-refractivity contribution in [3.63, 3.8) is 0 Å². The van der Waals surface area contributed by atoms with Gasteiger partial charge in [-0.05, 0) is 65.0 Å². The van der Waals surface area contributed by atoms with E-state index in [1.54, 1.807) is 0 Å². The van der Waals surface area contributed by atoms with Crippen LogP contribution in [0.3, 0.4) is 0 Å². The first-order chi connectivity index (χ1) is 25.8. The van der Waals surface area contributed by atoms with Gasteiger partial charge >= 0.3 is 0 Å². The molecule has 0 amide bonds. The lowest BCUT2D eigenvalue weighted by molar-refractivity contribution is 1.02. The second-order valence-electron chi connectivity index (χ2n) is 13.4. The molecule has 0 bridgehead atoms. The van der Waals surface area contributed by atoms with E-state index >= 15 is 0 Å². The molecule has 3 heterocycles. The Balaban J connectivity index is 1.15. The van der Waals surface area contributed by atoms with Gasteiger partial charge < -0.3 is 4.57 Å². The molecule has 0 atom stereocenters. The van der Waals surface area contributed by atoms with E-state index in [1.165, 1.54) is 38.1 Å². The second-order valence-corrected chi connectivity index (χ2v) is 13.4. The Morgan fingerprint density at radius 3 is 1.71 bits per heavy atom. The Labute approximate surface area is 299 Å². The smallest absolute Gasteiger partial charge is 0.235 e. The van der Waals surface area contributed by atoms with Gasteiger partial charge in [-0.25, -0.2) is 9.97 Å². The second kappa shape index (κ2) is 11.2. The van der Waals surface area contributed by atoms with E-state index < -0.39 is 0 Å². The van der Waals surface area contributed by atoms with Crippen LogP contribution in [0.5, 0.6) is 0 Å². The SMILES string of the molecule is c1ccc(-c2nc(-n3c4ccccc4c4cc(-c5ccc6c7ccccc7n(-c7ccccc7)c6c5)ccc43)nc3c2ccc2ccccc23)cc1. The molecule has 0 radical (unpaired) electrons. The van der Waals surface area contributed by atoms with Crippen molar-refractivity contribution in [2.24, 2.45) is 0 Å². The molecule has 0 spiro atoms. The maximum absolute atomic E-state index is 5.36. The van der Waals surface area contributed by atoms with E-state index in [4.69, 9.17) is 9.97 Å². The van der Waals surface area contributed by atoms with E-state index in [2.05, 4.69) is 185 Å². The first kappa shape index (κ1) is 28.8. The van der Waals surface area contributed by atoms with Gasteiger partial charge in [-0.2, -0.15) is 0 Å². The van der Waals surface area contributed by atoms with Crippen LogP contribution in [0.25, 0.3) is 99.3 Å². The number of aromatic nitrogens is 4. The van der Waals surface area contributed by atoms with E-state index in [0.29, 0.717) is 5.95 Å². The summed E-state index contributed by atoms with van der Waals surface area (Å²) in [7, 11) is 0. The summed E-state index contributed by atoms with van der Waals surface area (Å²) in [5.74, 6) is 0.662. The molecule has 0 aliphatic rings. The Bertz CT molecular complexity index is 3170. The van der Waals surface area contributed by atoms with Crippen molar-refractivity contribution in [2.45, 2.75) is 0 Å². The summed E-state index contributed by atoms with van der Waals surface area (Å²) in [6.45, 7) is 0. The van der Waals surface area contributed by atoms with E-state index in [9.17, 15) is 0 Å². The Hall–Kier alpha value is -7.04. The van der Waals surface area contributed by atoms with Gasteiger partial charge in [-0.3, -0.25) is 4.57 Å². The number of fused-ring (bicyclic) bond motifs is 9. The molecule has 242 valence electrons. The minimum Gasteiger partial charge on any atom is -0.309 e. The van der Waals surface area contributed by atoms with Gasteiger partial charge in [0.1, 0.15) is 0 Å². The highest BCUT2D eigenvalue weighted by molar-refractivity contribution is 6.13. The Kier molecular flexibility index (Phi) is 6.22. The Morgan fingerprint density at radius 1 is 0.327 bits per heavy atom. The fraction of sp³-hybridized carbons (Fsp3) is 0. The summed E-state index contributed by atoms with van der Waals surface area (Å²) in [6, 6.07) is 64.9. The molecule has 4 nitrogen and oxygen atoms in total. The van der Waals surface area contributed by atoms with Crippen LogP contribution in [-0.2, 0) is 0 Å². The molecule has 0 unspecified atom stereocenters. The molecule has 0 fully saturated rings. The lowest BCUT2D eigenvalue weighted by Gasteiger charge is -2.13. The lowest BCUT2D eigenvalue weighted by Crippen LogP contribution is -2.03. The molecular formula is C48H30N4. The number of nitrogens with zero attached hydrogens (tertiary/aromatic N) is 4. The van der Waals surface area contributed by atoms with Crippen LogP contribution in [0.1, 0.15) is 0 Å². The molecule has 3 aromatic heterocycles. The van der Waals surface area contributed by atoms with Gasteiger partial charge in [0, 0.05) is 43.6 Å². The fourth-order valence-corrected chi connectivity index (χ4v) is 8.14. The number of hydrogen-bond acceptors (Lipinski definition) is 2. The van der Waals surface area contributed by atoms with Gasteiger partial charge in [0.25, 0.3) is 0 Å². The monoisotopic (exact) mass is 662 g/mol. The summed E-state index contributed by atoms with van der Waals surface area (Å²) in [4.78, 5) is 10.7. The molecule has 4 heteroatoms. The minimum atomic E-state index is 0.662. The fourth-order valence-electron chi connectivity index (χ4n) is 8.14. The van der Waals surface area contributed by atoms with Crippen molar-refractivity contribution in [3.8, 4) is 34.0 Å². The highest BCUT2D eigenvalue weighted by atomic mass is 15.2. The zero-order valence-electron chi connectivity index (χ0n) is 28.1. The van der Waals surface area contributed by atoms with Crippen LogP contribution in [-0.4, -0.2) is 19.1 Å². The summed E-state index contributed by atoms with van der Waals surface area (Å²) < 4.78 is 4.61. The van der Waals surface area contributed by atoms with Crippen molar-refractivity contribution in [1.82, 2.24) is 19.1 Å². The molecule has 52 heavy (non-hydrogen) atoms. The molecule has 8 aromatic carbocycles. The summed E-state index contributed by atoms with van der Waals surface area (Å²) >= 11 is 0.